The third-order valence-corrected chi connectivity index (χ3v) is 3.93. The molecule has 1 aromatic heterocycles. The van der Waals surface area contributed by atoms with Gasteiger partial charge in [-0.3, -0.25) is 0 Å². The first-order valence-corrected chi connectivity index (χ1v) is 6.83. The Morgan fingerprint density at radius 3 is 2.94 bits per heavy atom. The van der Waals surface area contributed by atoms with E-state index in [9.17, 15) is 0 Å². The number of aryl methyl sites for hydroxylation is 1. The van der Waals surface area contributed by atoms with Crippen molar-refractivity contribution in [2.45, 2.75) is 20.1 Å². The molecule has 90 valence electrons. The van der Waals surface area contributed by atoms with Crippen LogP contribution in [0.5, 0.6) is 5.75 Å². The van der Waals surface area contributed by atoms with Crippen LogP contribution in [0.25, 0.3) is 0 Å². The number of hydrogen-bond acceptors (Lipinski definition) is 4. The minimum atomic E-state index is 0.488. The standard InChI is InChI=1S/C12H13BrN2OS/c1-8-11(6-14)17-12(15-8)7-16-10-4-2-3-9(13)5-10/h2-5H,6-7,14H2,1H3. The van der Waals surface area contributed by atoms with E-state index in [1.165, 1.54) is 0 Å². The van der Waals surface area contributed by atoms with E-state index in [2.05, 4.69) is 20.9 Å². The zero-order chi connectivity index (χ0) is 12.3. The third-order valence-electron chi connectivity index (χ3n) is 2.28. The van der Waals surface area contributed by atoms with Crippen LogP contribution in [0, 0.1) is 6.92 Å². The molecule has 1 aromatic carbocycles. The third kappa shape index (κ3) is 3.28. The first-order chi connectivity index (χ1) is 8.19. The van der Waals surface area contributed by atoms with Crippen molar-refractivity contribution in [3.05, 3.63) is 44.3 Å². The Labute approximate surface area is 113 Å². The number of hydrogen-bond donors (Lipinski definition) is 1. The van der Waals surface area contributed by atoms with Crippen molar-refractivity contribution in [2.75, 3.05) is 0 Å². The van der Waals surface area contributed by atoms with Crippen molar-refractivity contribution >= 4 is 27.3 Å². The Morgan fingerprint density at radius 1 is 1.47 bits per heavy atom. The molecular formula is C12H13BrN2OS. The molecule has 0 fully saturated rings. The Kier molecular flexibility index (Phi) is 4.15. The molecule has 0 unspecified atom stereocenters. The topological polar surface area (TPSA) is 48.1 Å². The summed E-state index contributed by atoms with van der Waals surface area (Å²) in [5, 5.41) is 0.961. The van der Waals surface area contributed by atoms with Gasteiger partial charge in [-0.15, -0.1) is 11.3 Å². The van der Waals surface area contributed by atoms with E-state index in [0.717, 1.165) is 25.8 Å². The zero-order valence-corrected chi connectivity index (χ0v) is 11.8. The molecule has 2 rings (SSSR count). The average Bonchev–Trinajstić information content (AvgIpc) is 2.67. The van der Waals surface area contributed by atoms with Crippen molar-refractivity contribution in [1.82, 2.24) is 4.98 Å². The molecular weight excluding hydrogens is 300 g/mol. The number of aromatic nitrogens is 1. The fourth-order valence-corrected chi connectivity index (χ4v) is 2.68. The summed E-state index contributed by atoms with van der Waals surface area (Å²) in [5.74, 6) is 0.835. The van der Waals surface area contributed by atoms with E-state index in [-0.39, 0.29) is 0 Å². The summed E-state index contributed by atoms with van der Waals surface area (Å²) in [4.78, 5) is 5.54. The second kappa shape index (κ2) is 5.62. The lowest BCUT2D eigenvalue weighted by Gasteiger charge is -2.03. The number of rotatable bonds is 4. The van der Waals surface area contributed by atoms with Gasteiger partial charge >= 0.3 is 0 Å². The Hall–Kier alpha value is -0.910. The number of nitrogens with zero attached hydrogens (tertiary/aromatic N) is 1. The van der Waals surface area contributed by atoms with Crippen LogP contribution in [-0.2, 0) is 13.2 Å². The van der Waals surface area contributed by atoms with E-state index in [4.69, 9.17) is 10.5 Å². The van der Waals surface area contributed by atoms with Crippen molar-refractivity contribution in [2.24, 2.45) is 5.73 Å². The lowest BCUT2D eigenvalue weighted by atomic mass is 10.3. The summed E-state index contributed by atoms with van der Waals surface area (Å²) < 4.78 is 6.67. The number of ether oxygens (including phenoxy) is 1. The molecule has 5 heteroatoms. The molecule has 2 aromatic rings. The van der Waals surface area contributed by atoms with Crippen LogP contribution in [0.3, 0.4) is 0 Å². The van der Waals surface area contributed by atoms with E-state index in [1.54, 1.807) is 11.3 Å². The maximum atomic E-state index is 5.66. The van der Waals surface area contributed by atoms with Gasteiger partial charge in [0.25, 0.3) is 0 Å². The molecule has 1 heterocycles. The maximum absolute atomic E-state index is 5.66. The summed E-state index contributed by atoms with van der Waals surface area (Å²) in [6.07, 6.45) is 0. The fourth-order valence-electron chi connectivity index (χ4n) is 1.44. The highest BCUT2D eigenvalue weighted by Crippen LogP contribution is 2.21. The molecule has 2 N–H and O–H groups in total. The second-order valence-corrected chi connectivity index (χ2v) is 5.65. The van der Waals surface area contributed by atoms with E-state index in [0.29, 0.717) is 13.2 Å². The lowest BCUT2D eigenvalue weighted by molar-refractivity contribution is 0.305. The van der Waals surface area contributed by atoms with Crippen LogP contribution in [0.4, 0.5) is 0 Å². The second-order valence-electron chi connectivity index (χ2n) is 3.57. The van der Waals surface area contributed by atoms with Gasteiger partial charge in [0.1, 0.15) is 17.4 Å². The van der Waals surface area contributed by atoms with Gasteiger partial charge in [0.15, 0.2) is 0 Å². The van der Waals surface area contributed by atoms with Crippen molar-refractivity contribution in [3.8, 4) is 5.75 Å². The van der Waals surface area contributed by atoms with Gasteiger partial charge in [0, 0.05) is 15.9 Å². The van der Waals surface area contributed by atoms with Gasteiger partial charge in [-0.2, -0.15) is 0 Å². The average molecular weight is 313 g/mol. The predicted octanol–water partition coefficient (Wildman–Crippen LogP) is 3.25. The van der Waals surface area contributed by atoms with Gasteiger partial charge in [0.2, 0.25) is 0 Å². The van der Waals surface area contributed by atoms with E-state index < -0.39 is 0 Å². The molecule has 0 atom stereocenters. The first-order valence-electron chi connectivity index (χ1n) is 5.22. The predicted molar refractivity (Wildman–Crippen MR) is 73.2 cm³/mol. The molecule has 0 saturated carbocycles. The minimum absolute atomic E-state index is 0.488. The molecule has 3 nitrogen and oxygen atoms in total. The van der Waals surface area contributed by atoms with Crippen LogP contribution in [0.2, 0.25) is 0 Å². The molecule has 0 radical (unpaired) electrons. The van der Waals surface area contributed by atoms with E-state index >= 15 is 0 Å². The summed E-state index contributed by atoms with van der Waals surface area (Å²) in [7, 11) is 0. The van der Waals surface area contributed by atoms with Gasteiger partial charge < -0.3 is 10.5 Å². The Balaban J connectivity index is 2.02. The molecule has 0 aliphatic carbocycles. The van der Waals surface area contributed by atoms with Crippen molar-refractivity contribution in [3.63, 3.8) is 0 Å². The molecule has 17 heavy (non-hydrogen) atoms. The molecule has 0 saturated heterocycles. The molecule has 0 aliphatic heterocycles. The molecule has 0 spiro atoms. The number of benzene rings is 1. The fraction of sp³-hybridized carbons (Fsp3) is 0.250. The largest absolute Gasteiger partial charge is 0.486 e. The van der Waals surface area contributed by atoms with Crippen LogP contribution in [0.1, 0.15) is 15.6 Å². The Bertz CT molecular complexity index is 513. The van der Waals surface area contributed by atoms with Gasteiger partial charge in [-0.05, 0) is 25.1 Å². The molecule has 0 amide bonds. The SMILES string of the molecule is Cc1nc(COc2cccc(Br)c2)sc1CN. The normalized spacial score (nSPS) is 10.5. The van der Waals surface area contributed by atoms with Gasteiger partial charge in [-0.1, -0.05) is 22.0 Å². The molecule has 0 aliphatic rings. The van der Waals surface area contributed by atoms with Gasteiger partial charge in [0.05, 0.1) is 5.69 Å². The highest BCUT2D eigenvalue weighted by atomic mass is 79.9. The molecule has 0 bridgehead atoms. The lowest BCUT2D eigenvalue weighted by Crippen LogP contribution is -1.94. The Morgan fingerprint density at radius 2 is 2.29 bits per heavy atom. The van der Waals surface area contributed by atoms with Crippen molar-refractivity contribution in [1.29, 1.82) is 0 Å². The first kappa shape index (κ1) is 12.5. The minimum Gasteiger partial charge on any atom is -0.486 e. The summed E-state index contributed by atoms with van der Waals surface area (Å²) in [6, 6.07) is 7.77. The highest BCUT2D eigenvalue weighted by Gasteiger charge is 2.06. The summed E-state index contributed by atoms with van der Waals surface area (Å²) in [6.45, 7) is 3.00. The quantitative estimate of drug-likeness (QED) is 0.942. The van der Waals surface area contributed by atoms with Crippen LogP contribution >= 0.6 is 27.3 Å². The van der Waals surface area contributed by atoms with Crippen LogP contribution < -0.4 is 10.5 Å². The number of nitrogens with two attached hydrogens (primary N) is 1. The number of halogens is 1. The van der Waals surface area contributed by atoms with Gasteiger partial charge in [-0.25, -0.2) is 4.98 Å². The van der Waals surface area contributed by atoms with E-state index in [1.807, 2.05) is 31.2 Å². The number of thiazole rings is 1. The summed E-state index contributed by atoms with van der Waals surface area (Å²) >= 11 is 5.02. The maximum Gasteiger partial charge on any atom is 0.140 e. The van der Waals surface area contributed by atoms with Crippen LogP contribution in [-0.4, -0.2) is 4.98 Å². The summed E-state index contributed by atoms with van der Waals surface area (Å²) in [5.41, 5.74) is 6.62. The monoisotopic (exact) mass is 312 g/mol. The van der Waals surface area contributed by atoms with Crippen molar-refractivity contribution < 1.29 is 4.74 Å². The zero-order valence-electron chi connectivity index (χ0n) is 9.44. The highest BCUT2D eigenvalue weighted by molar-refractivity contribution is 9.10. The van der Waals surface area contributed by atoms with Crippen LogP contribution in [0.15, 0.2) is 28.7 Å². The smallest absolute Gasteiger partial charge is 0.140 e.